The molecule has 4 heteroatoms. The lowest BCUT2D eigenvalue weighted by Gasteiger charge is -1.95. The van der Waals surface area contributed by atoms with E-state index in [1.807, 2.05) is 25.3 Å². The molecule has 0 fully saturated rings. The molecular weight excluding hydrogens is 202 g/mol. The van der Waals surface area contributed by atoms with Crippen molar-refractivity contribution in [3.8, 4) is 0 Å². The largest absolute Gasteiger partial charge is 0.345 e. The number of nitrogens with zero attached hydrogens (tertiary/aromatic N) is 1. The summed E-state index contributed by atoms with van der Waals surface area (Å²) in [7, 11) is 1.89. The third kappa shape index (κ3) is 2.01. The second-order valence-electron chi connectivity index (χ2n) is 3.49. The van der Waals surface area contributed by atoms with Crippen LogP contribution in [0.2, 0.25) is 0 Å². The van der Waals surface area contributed by atoms with Gasteiger partial charge in [0.1, 0.15) is 5.65 Å². The molecule has 0 atom stereocenters. The van der Waals surface area contributed by atoms with Crippen LogP contribution in [0, 0.1) is 0 Å². The van der Waals surface area contributed by atoms with Crippen molar-refractivity contribution < 1.29 is 4.79 Å². The van der Waals surface area contributed by atoms with Gasteiger partial charge in [-0.1, -0.05) is 12.2 Å². The average molecular weight is 215 g/mol. The molecule has 0 aliphatic heterocycles. The molecule has 4 nitrogen and oxygen atoms in total. The molecule has 0 radical (unpaired) electrons. The maximum absolute atomic E-state index is 10.8. The highest BCUT2D eigenvalue weighted by atomic mass is 16.1. The Labute approximate surface area is 93.4 Å². The lowest BCUT2D eigenvalue weighted by atomic mass is 10.2. The molecule has 16 heavy (non-hydrogen) atoms. The Kier molecular flexibility index (Phi) is 3.12. The summed E-state index contributed by atoms with van der Waals surface area (Å²) >= 11 is 0. The van der Waals surface area contributed by atoms with E-state index in [0.717, 1.165) is 29.4 Å². The molecule has 2 heterocycles. The number of hydrogen-bond donors (Lipinski definition) is 2. The van der Waals surface area contributed by atoms with E-state index in [2.05, 4.69) is 15.3 Å². The average Bonchev–Trinajstić information content (AvgIpc) is 2.71. The molecular formula is C12H13N3O. The van der Waals surface area contributed by atoms with Gasteiger partial charge in [-0.2, -0.15) is 0 Å². The van der Waals surface area contributed by atoms with Crippen molar-refractivity contribution in [2.75, 3.05) is 13.6 Å². The number of carbonyl (C=O) groups excluding carboxylic acids is 1. The van der Waals surface area contributed by atoms with Crippen LogP contribution in [0.3, 0.4) is 0 Å². The standard InChI is InChI=1S/C12H13N3O/c1-13-4-2-3-9-5-11-10(8-16)7-15-12(11)14-6-9/h2-3,5-8,13H,4H2,1H3,(H,14,15). The molecule has 0 spiro atoms. The maximum atomic E-state index is 10.8. The van der Waals surface area contributed by atoms with E-state index in [1.165, 1.54) is 0 Å². The summed E-state index contributed by atoms with van der Waals surface area (Å²) in [5.41, 5.74) is 2.38. The van der Waals surface area contributed by atoms with E-state index in [4.69, 9.17) is 0 Å². The van der Waals surface area contributed by atoms with Crippen molar-refractivity contribution >= 4 is 23.4 Å². The first-order valence-electron chi connectivity index (χ1n) is 5.08. The van der Waals surface area contributed by atoms with Gasteiger partial charge in [0.15, 0.2) is 6.29 Å². The van der Waals surface area contributed by atoms with Crippen LogP contribution in [-0.4, -0.2) is 29.8 Å². The first-order chi connectivity index (χ1) is 7.85. The number of likely N-dealkylation sites (N-methyl/N-ethyl adjacent to an activating group) is 1. The molecule has 0 unspecified atom stereocenters. The highest BCUT2D eigenvalue weighted by molar-refractivity contribution is 5.96. The Balaban J connectivity index is 2.37. The SMILES string of the molecule is CNCC=Cc1cnc2[nH]cc(C=O)c2c1. The first-order valence-corrected chi connectivity index (χ1v) is 5.08. The molecule has 0 aliphatic rings. The zero-order valence-electron chi connectivity index (χ0n) is 9.03. The van der Waals surface area contributed by atoms with Crippen molar-refractivity contribution in [1.82, 2.24) is 15.3 Å². The van der Waals surface area contributed by atoms with Crippen LogP contribution in [0.4, 0.5) is 0 Å². The van der Waals surface area contributed by atoms with Crippen molar-refractivity contribution in [1.29, 1.82) is 0 Å². The van der Waals surface area contributed by atoms with Crippen LogP contribution in [0.5, 0.6) is 0 Å². The van der Waals surface area contributed by atoms with Gasteiger partial charge in [-0.3, -0.25) is 4.79 Å². The second kappa shape index (κ2) is 4.72. The number of aromatic amines is 1. The molecule has 2 aromatic heterocycles. The van der Waals surface area contributed by atoms with Gasteiger partial charge in [0.25, 0.3) is 0 Å². The molecule has 0 aliphatic carbocycles. The fraction of sp³-hybridized carbons (Fsp3) is 0.167. The predicted octanol–water partition coefficient (Wildman–Crippen LogP) is 1.61. The van der Waals surface area contributed by atoms with Crippen LogP contribution in [0.25, 0.3) is 17.1 Å². The lowest BCUT2D eigenvalue weighted by molar-refractivity contribution is 0.112. The Morgan fingerprint density at radius 1 is 1.56 bits per heavy atom. The third-order valence-corrected chi connectivity index (χ3v) is 2.34. The van der Waals surface area contributed by atoms with Crippen molar-refractivity contribution in [3.63, 3.8) is 0 Å². The van der Waals surface area contributed by atoms with Gasteiger partial charge in [0.2, 0.25) is 0 Å². The molecule has 2 rings (SSSR count). The summed E-state index contributed by atoms with van der Waals surface area (Å²) in [6.07, 6.45) is 8.27. The molecule has 0 bridgehead atoms. The van der Waals surface area contributed by atoms with Crippen molar-refractivity contribution in [3.05, 3.63) is 35.7 Å². The highest BCUT2D eigenvalue weighted by Crippen LogP contribution is 2.16. The summed E-state index contributed by atoms with van der Waals surface area (Å²) < 4.78 is 0. The monoisotopic (exact) mass is 215 g/mol. The quantitative estimate of drug-likeness (QED) is 0.762. The Hall–Kier alpha value is -1.94. The van der Waals surface area contributed by atoms with Crippen LogP contribution < -0.4 is 5.32 Å². The number of carbonyl (C=O) groups is 1. The Morgan fingerprint density at radius 2 is 2.44 bits per heavy atom. The zero-order chi connectivity index (χ0) is 11.4. The van der Waals surface area contributed by atoms with E-state index in [1.54, 1.807) is 12.4 Å². The summed E-state index contributed by atoms with van der Waals surface area (Å²) in [5.74, 6) is 0. The van der Waals surface area contributed by atoms with Gasteiger partial charge < -0.3 is 10.3 Å². The highest BCUT2D eigenvalue weighted by Gasteiger charge is 2.03. The smallest absolute Gasteiger partial charge is 0.152 e. The van der Waals surface area contributed by atoms with E-state index in [-0.39, 0.29) is 0 Å². The minimum Gasteiger partial charge on any atom is -0.345 e. The minimum absolute atomic E-state index is 0.645. The first kappa shape index (κ1) is 10.6. The van der Waals surface area contributed by atoms with Gasteiger partial charge in [-0.05, 0) is 18.7 Å². The minimum atomic E-state index is 0.645. The number of H-pyrrole nitrogens is 1. The summed E-state index contributed by atoms with van der Waals surface area (Å²) in [4.78, 5) is 18.0. The number of aromatic nitrogens is 2. The van der Waals surface area contributed by atoms with E-state index in [0.29, 0.717) is 5.56 Å². The topological polar surface area (TPSA) is 57.8 Å². The van der Waals surface area contributed by atoms with Crippen LogP contribution in [0.1, 0.15) is 15.9 Å². The van der Waals surface area contributed by atoms with E-state index in [9.17, 15) is 4.79 Å². The Morgan fingerprint density at radius 3 is 3.19 bits per heavy atom. The number of fused-ring (bicyclic) bond motifs is 1. The lowest BCUT2D eigenvalue weighted by Crippen LogP contribution is -2.03. The van der Waals surface area contributed by atoms with Crippen LogP contribution >= 0.6 is 0 Å². The molecule has 2 N–H and O–H groups in total. The molecule has 2 aromatic rings. The molecule has 0 saturated carbocycles. The number of pyridine rings is 1. The van der Waals surface area contributed by atoms with Gasteiger partial charge in [0.05, 0.1) is 0 Å². The second-order valence-corrected chi connectivity index (χ2v) is 3.49. The summed E-state index contributed by atoms with van der Waals surface area (Å²) in [5, 5.41) is 3.89. The number of hydrogen-bond acceptors (Lipinski definition) is 3. The molecule has 82 valence electrons. The number of aldehydes is 1. The number of nitrogens with one attached hydrogen (secondary N) is 2. The molecule has 0 aromatic carbocycles. The van der Waals surface area contributed by atoms with Gasteiger partial charge in [0, 0.05) is 29.9 Å². The van der Waals surface area contributed by atoms with Crippen LogP contribution in [-0.2, 0) is 0 Å². The Bertz CT molecular complexity index is 528. The molecule has 0 amide bonds. The fourth-order valence-corrected chi connectivity index (χ4v) is 1.54. The van der Waals surface area contributed by atoms with Crippen molar-refractivity contribution in [2.45, 2.75) is 0 Å². The normalized spacial score (nSPS) is 11.3. The van der Waals surface area contributed by atoms with E-state index >= 15 is 0 Å². The zero-order valence-corrected chi connectivity index (χ0v) is 9.03. The maximum Gasteiger partial charge on any atom is 0.152 e. The summed E-state index contributed by atoms with van der Waals surface area (Å²) in [6.45, 7) is 0.811. The fourth-order valence-electron chi connectivity index (χ4n) is 1.54. The third-order valence-electron chi connectivity index (χ3n) is 2.34. The summed E-state index contributed by atoms with van der Waals surface area (Å²) in [6, 6.07) is 1.95. The van der Waals surface area contributed by atoms with Crippen LogP contribution in [0.15, 0.2) is 24.5 Å². The van der Waals surface area contributed by atoms with Gasteiger partial charge in [-0.15, -0.1) is 0 Å². The van der Waals surface area contributed by atoms with Gasteiger partial charge in [-0.25, -0.2) is 4.98 Å². The van der Waals surface area contributed by atoms with E-state index < -0.39 is 0 Å². The van der Waals surface area contributed by atoms with Gasteiger partial charge >= 0.3 is 0 Å². The number of rotatable bonds is 4. The molecule has 0 saturated heterocycles. The van der Waals surface area contributed by atoms with Crippen molar-refractivity contribution in [2.24, 2.45) is 0 Å². The predicted molar refractivity (Wildman–Crippen MR) is 64.4 cm³/mol.